The minimum atomic E-state index is -4.69. The Bertz CT molecular complexity index is 524. The first kappa shape index (κ1) is 19.2. The van der Waals surface area contributed by atoms with Gasteiger partial charge in [-0.15, -0.1) is 0 Å². The Balaban J connectivity index is 2.81. The van der Waals surface area contributed by atoms with E-state index in [1.54, 1.807) is 6.92 Å². The lowest BCUT2D eigenvalue weighted by Gasteiger charge is -2.20. The molecular formula is C14H16F4O5. The molecule has 0 amide bonds. The molecule has 0 heterocycles. The third-order valence-corrected chi connectivity index (χ3v) is 2.75. The second-order valence-electron chi connectivity index (χ2n) is 4.56. The highest BCUT2D eigenvalue weighted by Crippen LogP contribution is 2.30. The molecular weight excluding hydrogens is 324 g/mol. The molecule has 0 fully saturated rings. The van der Waals surface area contributed by atoms with Crippen molar-refractivity contribution >= 4 is 5.97 Å². The maximum atomic E-state index is 12.8. The summed E-state index contributed by atoms with van der Waals surface area (Å²) in [4.78, 5) is 11.2. The summed E-state index contributed by atoms with van der Waals surface area (Å²) in [5.74, 6) is -1.37. The van der Waals surface area contributed by atoms with Crippen LogP contribution in [0.25, 0.3) is 0 Å². The van der Waals surface area contributed by atoms with Gasteiger partial charge < -0.3 is 19.7 Å². The number of aliphatic hydroxyl groups excluding tert-OH is 2. The van der Waals surface area contributed by atoms with E-state index in [2.05, 4.69) is 9.47 Å². The molecule has 1 rings (SSSR count). The van der Waals surface area contributed by atoms with Crippen LogP contribution < -0.4 is 4.74 Å². The molecule has 0 spiro atoms. The lowest BCUT2D eigenvalue weighted by molar-refractivity contribution is -0.253. The molecule has 1 aromatic carbocycles. The third kappa shape index (κ3) is 5.68. The van der Waals surface area contributed by atoms with Crippen molar-refractivity contribution in [2.24, 2.45) is 0 Å². The highest BCUT2D eigenvalue weighted by molar-refractivity contribution is 5.70. The summed E-state index contributed by atoms with van der Waals surface area (Å²) in [5.41, 5.74) is -0.0793. The zero-order valence-electron chi connectivity index (χ0n) is 12.1. The normalized spacial score (nSPS) is 14.4. The molecule has 9 heteroatoms. The molecule has 2 atom stereocenters. The summed E-state index contributed by atoms with van der Waals surface area (Å²) < 4.78 is 58.3. The molecule has 1 aromatic rings. The monoisotopic (exact) mass is 340 g/mol. The average molecular weight is 340 g/mol. The Morgan fingerprint density at radius 1 is 1.30 bits per heavy atom. The number of carbonyl (C=O) groups is 1. The van der Waals surface area contributed by atoms with Crippen LogP contribution in [0.1, 0.15) is 25.0 Å². The van der Waals surface area contributed by atoms with E-state index >= 15 is 0 Å². The zero-order valence-corrected chi connectivity index (χ0v) is 12.1. The van der Waals surface area contributed by atoms with Gasteiger partial charge in [-0.3, -0.25) is 4.79 Å². The van der Waals surface area contributed by atoms with E-state index in [1.165, 1.54) is 12.1 Å². The van der Waals surface area contributed by atoms with E-state index in [0.29, 0.717) is 0 Å². The number of hydrogen-bond acceptors (Lipinski definition) is 5. The first-order valence-electron chi connectivity index (χ1n) is 6.64. The van der Waals surface area contributed by atoms with Gasteiger partial charge in [-0.1, -0.05) is 12.1 Å². The fraction of sp³-hybridized carbons (Fsp3) is 0.500. The Kier molecular flexibility index (Phi) is 6.77. The van der Waals surface area contributed by atoms with Gasteiger partial charge in [-0.2, -0.15) is 17.6 Å². The van der Waals surface area contributed by atoms with E-state index in [0.717, 1.165) is 12.1 Å². The van der Waals surface area contributed by atoms with Crippen LogP contribution in [0, 0.1) is 0 Å². The van der Waals surface area contributed by atoms with E-state index in [1.807, 2.05) is 0 Å². The molecule has 5 nitrogen and oxygen atoms in total. The van der Waals surface area contributed by atoms with Gasteiger partial charge in [0, 0.05) is 0 Å². The standard InChI is InChI=1S/C14H16F4O5/c1-2-22-11(20)7-10(19)12(21)8-4-3-5-9(6-8)23-14(17,18)13(15)16/h3-6,10,12-13,19,21H,2,7H2,1H3. The van der Waals surface area contributed by atoms with Crippen molar-refractivity contribution in [2.75, 3.05) is 6.61 Å². The summed E-state index contributed by atoms with van der Waals surface area (Å²) >= 11 is 0. The summed E-state index contributed by atoms with van der Waals surface area (Å²) in [6.07, 6.45) is -12.4. The van der Waals surface area contributed by atoms with Crippen molar-refractivity contribution in [1.29, 1.82) is 0 Å². The maximum Gasteiger partial charge on any atom is 0.461 e. The van der Waals surface area contributed by atoms with E-state index in [-0.39, 0.29) is 12.2 Å². The van der Waals surface area contributed by atoms with Crippen molar-refractivity contribution in [3.05, 3.63) is 29.8 Å². The van der Waals surface area contributed by atoms with Gasteiger partial charge in [-0.05, 0) is 24.6 Å². The van der Waals surface area contributed by atoms with Gasteiger partial charge in [0.25, 0.3) is 0 Å². The molecule has 0 bridgehead atoms. The Labute approximate surface area is 129 Å². The predicted octanol–water partition coefficient (Wildman–Crippen LogP) is 2.27. The van der Waals surface area contributed by atoms with Gasteiger partial charge >= 0.3 is 18.5 Å². The van der Waals surface area contributed by atoms with Crippen molar-refractivity contribution < 1.29 is 42.0 Å². The first-order valence-corrected chi connectivity index (χ1v) is 6.64. The number of alkyl halides is 4. The smallest absolute Gasteiger partial charge is 0.461 e. The van der Waals surface area contributed by atoms with Crippen LogP contribution >= 0.6 is 0 Å². The van der Waals surface area contributed by atoms with Crippen molar-refractivity contribution in [3.8, 4) is 5.75 Å². The fourth-order valence-electron chi connectivity index (χ4n) is 1.69. The Hall–Kier alpha value is -1.87. The minimum absolute atomic E-state index is 0.0793. The van der Waals surface area contributed by atoms with Crippen LogP contribution in [-0.4, -0.2) is 41.4 Å². The number of esters is 1. The quantitative estimate of drug-likeness (QED) is 0.561. The zero-order chi connectivity index (χ0) is 17.6. The van der Waals surface area contributed by atoms with Crippen LogP contribution in [0.4, 0.5) is 17.6 Å². The second-order valence-corrected chi connectivity index (χ2v) is 4.56. The van der Waals surface area contributed by atoms with Crippen LogP contribution in [-0.2, 0) is 9.53 Å². The third-order valence-electron chi connectivity index (χ3n) is 2.75. The number of carbonyl (C=O) groups excluding carboxylic acids is 1. The molecule has 0 saturated heterocycles. The van der Waals surface area contributed by atoms with Crippen molar-refractivity contribution in [2.45, 2.75) is 38.1 Å². The van der Waals surface area contributed by atoms with Gasteiger partial charge in [-0.25, -0.2) is 0 Å². The number of halogens is 4. The Morgan fingerprint density at radius 3 is 2.52 bits per heavy atom. The van der Waals surface area contributed by atoms with Crippen LogP contribution in [0.5, 0.6) is 5.75 Å². The molecule has 0 aliphatic rings. The number of ether oxygens (including phenoxy) is 2. The summed E-state index contributed by atoms with van der Waals surface area (Å²) in [7, 11) is 0. The molecule has 2 unspecified atom stereocenters. The predicted molar refractivity (Wildman–Crippen MR) is 70.2 cm³/mol. The lowest BCUT2D eigenvalue weighted by atomic mass is 10.0. The van der Waals surface area contributed by atoms with E-state index < -0.39 is 42.9 Å². The molecule has 0 radical (unpaired) electrons. The topological polar surface area (TPSA) is 76.0 Å². The molecule has 23 heavy (non-hydrogen) atoms. The molecule has 0 saturated carbocycles. The molecule has 2 N–H and O–H groups in total. The van der Waals surface area contributed by atoms with Crippen LogP contribution in [0.2, 0.25) is 0 Å². The number of rotatable bonds is 8. The fourth-order valence-corrected chi connectivity index (χ4v) is 1.69. The Morgan fingerprint density at radius 2 is 1.96 bits per heavy atom. The first-order chi connectivity index (χ1) is 10.7. The average Bonchev–Trinajstić information content (AvgIpc) is 2.46. The number of benzene rings is 1. The van der Waals surface area contributed by atoms with Crippen molar-refractivity contribution in [1.82, 2.24) is 0 Å². The number of aliphatic hydroxyl groups is 2. The molecule has 0 aromatic heterocycles. The van der Waals surface area contributed by atoms with Gasteiger partial charge in [0.05, 0.1) is 19.1 Å². The lowest BCUT2D eigenvalue weighted by Crippen LogP contribution is -2.33. The second kappa shape index (κ2) is 8.11. The van der Waals surface area contributed by atoms with Gasteiger partial charge in [0.15, 0.2) is 0 Å². The minimum Gasteiger partial charge on any atom is -0.466 e. The van der Waals surface area contributed by atoms with Crippen LogP contribution in [0.3, 0.4) is 0 Å². The van der Waals surface area contributed by atoms with Gasteiger partial charge in [0.2, 0.25) is 0 Å². The SMILES string of the molecule is CCOC(=O)CC(O)C(O)c1cccc(OC(F)(F)C(F)F)c1. The highest BCUT2D eigenvalue weighted by atomic mass is 19.3. The summed E-state index contributed by atoms with van der Waals surface area (Å²) in [6, 6.07) is 4.29. The van der Waals surface area contributed by atoms with Crippen LogP contribution in [0.15, 0.2) is 24.3 Å². The summed E-state index contributed by atoms with van der Waals surface area (Å²) in [5, 5.41) is 19.6. The van der Waals surface area contributed by atoms with Crippen molar-refractivity contribution in [3.63, 3.8) is 0 Å². The summed E-state index contributed by atoms with van der Waals surface area (Å²) in [6.45, 7) is 1.65. The molecule has 0 aliphatic carbocycles. The van der Waals surface area contributed by atoms with E-state index in [4.69, 9.17) is 0 Å². The largest absolute Gasteiger partial charge is 0.466 e. The maximum absolute atomic E-state index is 12.8. The van der Waals surface area contributed by atoms with Gasteiger partial charge in [0.1, 0.15) is 11.9 Å². The highest BCUT2D eigenvalue weighted by Gasteiger charge is 2.44. The molecule has 130 valence electrons. The van der Waals surface area contributed by atoms with E-state index in [9.17, 15) is 32.6 Å². The molecule has 0 aliphatic heterocycles. The number of hydrogen-bond donors (Lipinski definition) is 2.